The highest BCUT2D eigenvalue weighted by Gasteiger charge is 2.26. The summed E-state index contributed by atoms with van der Waals surface area (Å²) in [6.45, 7) is 3.47. The molecule has 2 heterocycles. The molecule has 2 aromatic heterocycles. The molecule has 1 amide bonds. The van der Waals surface area contributed by atoms with Gasteiger partial charge in [-0.15, -0.1) is 0 Å². The summed E-state index contributed by atoms with van der Waals surface area (Å²) in [6.07, 6.45) is 5.26. The van der Waals surface area contributed by atoms with Gasteiger partial charge in [-0.1, -0.05) is 5.16 Å². The van der Waals surface area contributed by atoms with Crippen LogP contribution in [0.5, 0.6) is 6.01 Å². The Balaban J connectivity index is 1.50. The third-order valence-corrected chi connectivity index (χ3v) is 4.14. The first-order valence-corrected chi connectivity index (χ1v) is 7.91. The quantitative estimate of drug-likeness (QED) is 0.923. The van der Waals surface area contributed by atoms with E-state index in [0.717, 1.165) is 38.1 Å². The average Bonchev–Trinajstić information content (AvgIpc) is 2.90. The fourth-order valence-electron chi connectivity index (χ4n) is 2.90. The molecular weight excluding hydrogens is 315 g/mol. The van der Waals surface area contributed by atoms with Gasteiger partial charge in [0.1, 0.15) is 17.4 Å². The van der Waals surface area contributed by atoms with Gasteiger partial charge in [0.05, 0.1) is 18.1 Å². The van der Waals surface area contributed by atoms with Crippen LogP contribution in [0.2, 0.25) is 0 Å². The SMILES string of the molecule is Cc1noc(C)c1C(=O)NC1CCC(Oc2ncc(F)cn2)CC1. The molecule has 1 N–H and O–H groups in total. The number of hydrogen-bond acceptors (Lipinski definition) is 6. The number of amides is 1. The molecule has 0 saturated heterocycles. The lowest BCUT2D eigenvalue weighted by atomic mass is 9.92. The summed E-state index contributed by atoms with van der Waals surface area (Å²) in [4.78, 5) is 19.9. The molecule has 8 heteroatoms. The Kier molecular flexibility index (Phi) is 4.73. The zero-order valence-electron chi connectivity index (χ0n) is 13.6. The molecule has 1 aliphatic carbocycles. The Morgan fingerprint density at radius 1 is 1.25 bits per heavy atom. The fourth-order valence-corrected chi connectivity index (χ4v) is 2.90. The molecule has 0 atom stereocenters. The maximum atomic E-state index is 12.8. The van der Waals surface area contributed by atoms with Crippen molar-refractivity contribution in [3.63, 3.8) is 0 Å². The fraction of sp³-hybridized carbons (Fsp3) is 0.500. The third kappa shape index (κ3) is 3.69. The maximum Gasteiger partial charge on any atom is 0.316 e. The van der Waals surface area contributed by atoms with Gasteiger partial charge >= 0.3 is 6.01 Å². The zero-order chi connectivity index (χ0) is 17.1. The van der Waals surface area contributed by atoms with Crippen LogP contribution in [0, 0.1) is 19.7 Å². The second kappa shape index (κ2) is 6.94. The van der Waals surface area contributed by atoms with E-state index in [1.165, 1.54) is 0 Å². The number of halogens is 1. The van der Waals surface area contributed by atoms with Crippen LogP contribution in [0.25, 0.3) is 0 Å². The lowest BCUT2D eigenvalue weighted by Gasteiger charge is -2.28. The Labute approximate surface area is 138 Å². The molecule has 0 unspecified atom stereocenters. The normalized spacial score (nSPS) is 20.6. The van der Waals surface area contributed by atoms with Crippen LogP contribution in [-0.2, 0) is 0 Å². The standard InChI is InChI=1S/C16H19FN4O3/c1-9-14(10(2)24-21-9)15(22)20-12-3-5-13(6-4-12)23-16-18-7-11(17)8-19-16/h7-8,12-13H,3-6H2,1-2H3,(H,20,22). The summed E-state index contributed by atoms with van der Waals surface area (Å²) in [5.41, 5.74) is 1.10. The zero-order valence-corrected chi connectivity index (χ0v) is 13.6. The van der Waals surface area contributed by atoms with E-state index in [0.29, 0.717) is 17.0 Å². The van der Waals surface area contributed by atoms with E-state index in [-0.39, 0.29) is 24.1 Å². The van der Waals surface area contributed by atoms with E-state index in [9.17, 15) is 9.18 Å². The molecule has 1 aliphatic rings. The summed E-state index contributed by atoms with van der Waals surface area (Å²) in [7, 11) is 0. The van der Waals surface area contributed by atoms with Gasteiger partial charge in [0.2, 0.25) is 0 Å². The van der Waals surface area contributed by atoms with Crippen molar-refractivity contribution in [3.8, 4) is 6.01 Å². The molecule has 3 rings (SSSR count). The molecule has 0 spiro atoms. The molecule has 1 saturated carbocycles. The first-order valence-electron chi connectivity index (χ1n) is 7.91. The maximum absolute atomic E-state index is 12.8. The summed E-state index contributed by atoms with van der Waals surface area (Å²) in [6, 6.07) is 0.264. The van der Waals surface area contributed by atoms with Crippen molar-refractivity contribution in [1.29, 1.82) is 0 Å². The van der Waals surface area contributed by atoms with Crippen molar-refractivity contribution >= 4 is 5.91 Å². The Morgan fingerprint density at radius 2 is 1.92 bits per heavy atom. The molecule has 24 heavy (non-hydrogen) atoms. The topological polar surface area (TPSA) is 90.1 Å². The first-order chi connectivity index (χ1) is 11.5. The van der Waals surface area contributed by atoms with Crippen molar-refractivity contribution in [2.24, 2.45) is 0 Å². The predicted octanol–water partition coefficient (Wildman–Crippen LogP) is 2.34. The Hall–Kier alpha value is -2.51. The molecule has 128 valence electrons. The highest BCUT2D eigenvalue weighted by atomic mass is 19.1. The minimum Gasteiger partial charge on any atom is -0.460 e. The lowest BCUT2D eigenvalue weighted by molar-refractivity contribution is 0.0883. The molecule has 2 aromatic rings. The molecule has 0 bridgehead atoms. The number of ether oxygens (including phenoxy) is 1. The van der Waals surface area contributed by atoms with Gasteiger partial charge in [-0.05, 0) is 39.5 Å². The molecular formula is C16H19FN4O3. The minimum atomic E-state index is -0.493. The Bertz CT molecular complexity index is 689. The van der Waals surface area contributed by atoms with Crippen molar-refractivity contribution in [2.75, 3.05) is 0 Å². The summed E-state index contributed by atoms with van der Waals surface area (Å²) in [5.74, 6) is -0.124. The number of nitrogens with one attached hydrogen (secondary N) is 1. The number of aromatic nitrogens is 3. The highest BCUT2D eigenvalue weighted by molar-refractivity contribution is 5.96. The van der Waals surface area contributed by atoms with Crippen LogP contribution < -0.4 is 10.1 Å². The monoisotopic (exact) mass is 334 g/mol. The molecule has 0 aromatic carbocycles. The van der Waals surface area contributed by atoms with E-state index in [1.807, 2.05) is 0 Å². The van der Waals surface area contributed by atoms with E-state index in [4.69, 9.17) is 9.26 Å². The molecule has 1 fully saturated rings. The van der Waals surface area contributed by atoms with E-state index in [1.54, 1.807) is 13.8 Å². The van der Waals surface area contributed by atoms with Gasteiger partial charge in [0, 0.05) is 6.04 Å². The lowest BCUT2D eigenvalue weighted by Crippen LogP contribution is -2.40. The van der Waals surface area contributed by atoms with Gasteiger partial charge in [-0.25, -0.2) is 14.4 Å². The first kappa shape index (κ1) is 16.4. The summed E-state index contributed by atoms with van der Waals surface area (Å²) < 4.78 is 23.5. The Morgan fingerprint density at radius 3 is 2.50 bits per heavy atom. The van der Waals surface area contributed by atoms with Crippen LogP contribution in [0.1, 0.15) is 47.5 Å². The summed E-state index contributed by atoms with van der Waals surface area (Å²) in [5, 5.41) is 6.82. The largest absolute Gasteiger partial charge is 0.460 e. The van der Waals surface area contributed by atoms with Crippen molar-refractivity contribution in [3.05, 3.63) is 35.2 Å². The smallest absolute Gasteiger partial charge is 0.316 e. The summed E-state index contributed by atoms with van der Waals surface area (Å²) >= 11 is 0. The van der Waals surface area contributed by atoms with Crippen LogP contribution in [0.15, 0.2) is 16.9 Å². The molecule has 0 radical (unpaired) electrons. The number of carbonyl (C=O) groups is 1. The van der Waals surface area contributed by atoms with E-state index < -0.39 is 5.82 Å². The number of hydrogen-bond donors (Lipinski definition) is 1. The van der Waals surface area contributed by atoms with Crippen LogP contribution >= 0.6 is 0 Å². The van der Waals surface area contributed by atoms with Gasteiger partial charge in [-0.2, -0.15) is 0 Å². The predicted molar refractivity (Wildman–Crippen MR) is 82.1 cm³/mol. The van der Waals surface area contributed by atoms with Gasteiger partial charge in [0.25, 0.3) is 5.91 Å². The second-order valence-corrected chi connectivity index (χ2v) is 5.95. The van der Waals surface area contributed by atoms with Crippen molar-refractivity contribution in [2.45, 2.75) is 51.7 Å². The van der Waals surface area contributed by atoms with Crippen LogP contribution in [0.3, 0.4) is 0 Å². The van der Waals surface area contributed by atoms with Crippen LogP contribution in [-0.4, -0.2) is 33.2 Å². The van der Waals surface area contributed by atoms with Gasteiger partial charge in [-0.3, -0.25) is 4.79 Å². The number of aryl methyl sites for hydroxylation is 2. The van der Waals surface area contributed by atoms with Crippen LogP contribution in [0.4, 0.5) is 4.39 Å². The number of nitrogens with zero attached hydrogens (tertiary/aromatic N) is 3. The van der Waals surface area contributed by atoms with Crippen molar-refractivity contribution < 1.29 is 18.4 Å². The molecule has 7 nitrogen and oxygen atoms in total. The average molecular weight is 334 g/mol. The minimum absolute atomic E-state index is 0.0253. The van der Waals surface area contributed by atoms with Crippen molar-refractivity contribution in [1.82, 2.24) is 20.4 Å². The van der Waals surface area contributed by atoms with E-state index >= 15 is 0 Å². The molecule has 0 aliphatic heterocycles. The third-order valence-electron chi connectivity index (χ3n) is 4.14. The van der Waals surface area contributed by atoms with E-state index in [2.05, 4.69) is 20.4 Å². The highest BCUT2D eigenvalue weighted by Crippen LogP contribution is 2.23. The second-order valence-electron chi connectivity index (χ2n) is 5.95. The van der Waals surface area contributed by atoms with Gasteiger partial charge in [0.15, 0.2) is 5.82 Å². The number of rotatable bonds is 4. The number of carbonyl (C=O) groups excluding carboxylic acids is 1. The van der Waals surface area contributed by atoms with Gasteiger partial charge < -0.3 is 14.6 Å².